The van der Waals surface area contributed by atoms with E-state index in [1.165, 1.54) is 19.3 Å². The molecular weight excluding hydrogens is 164 g/mol. The molecule has 2 saturated heterocycles. The number of amides is 1. The number of nitrogens with zero attached hydrogens (tertiary/aromatic N) is 1. The Morgan fingerprint density at radius 1 is 1.38 bits per heavy atom. The van der Waals surface area contributed by atoms with Crippen LogP contribution in [0.3, 0.4) is 0 Å². The highest BCUT2D eigenvalue weighted by Gasteiger charge is 2.40. The Hall–Kier alpha value is -0.570. The highest BCUT2D eigenvalue weighted by molar-refractivity contribution is 5.77. The maximum atomic E-state index is 11.6. The van der Waals surface area contributed by atoms with Crippen LogP contribution in [0.2, 0.25) is 0 Å². The molecule has 3 nitrogen and oxygen atoms in total. The van der Waals surface area contributed by atoms with Gasteiger partial charge in [-0.15, -0.1) is 0 Å². The van der Waals surface area contributed by atoms with Gasteiger partial charge in [-0.2, -0.15) is 0 Å². The van der Waals surface area contributed by atoms with E-state index in [-0.39, 0.29) is 5.54 Å². The molecule has 1 atom stereocenters. The van der Waals surface area contributed by atoms with Gasteiger partial charge in [-0.25, -0.2) is 0 Å². The Morgan fingerprint density at radius 2 is 2.15 bits per heavy atom. The summed E-state index contributed by atoms with van der Waals surface area (Å²) in [6, 6.07) is 0. The van der Waals surface area contributed by atoms with Crippen molar-refractivity contribution in [2.45, 2.75) is 37.6 Å². The predicted octanol–water partition coefficient (Wildman–Crippen LogP) is 0.751. The SMILES string of the molecule is CN1C(=O)CCCC12CCCNC2. The monoisotopic (exact) mass is 182 g/mol. The Labute approximate surface area is 79.5 Å². The quantitative estimate of drug-likeness (QED) is 0.599. The van der Waals surface area contributed by atoms with E-state index in [2.05, 4.69) is 5.32 Å². The molecule has 0 bridgehead atoms. The second-order valence-electron chi connectivity index (χ2n) is 4.31. The van der Waals surface area contributed by atoms with Crippen LogP contribution in [-0.2, 0) is 4.79 Å². The van der Waals surface area contributed by atoms with Crippen molar-refractivity contribution < 1.29 is 4.79 Å². The Kier molecular flexibility index (Phi) is 2.28. The smallest absolute Gasteiger partial charge is 0.222 e. The molecule has 0 aromatic heterocycles. The van der Waals surface area contributed by atoms with Crippen molar-refractivity contribution >= 4 is 5.91 Å². The number of piperidine rings is 2. The molecule has 2 heterocycles. The zero-order chi connectivity index (χ0) is 9.31. The van der Waals surface area contributed by atoms with Crippen LogP contribution < -0.4 is 5.32 Å². The van der Waals surface area contributed by atoms with Gasteiger partial charge in [0.2, 0.25) is 5.91 Å². The Balaban J connectivity index is 2.13. The van der Waals surface area contributed by atoms with Crippen LogP contribution in [0.5, 0.6) is 0 Å². The van der Waals surface area contributed by atoms with Gasteiger partial charge in [-0.1, -0.05) is 0 Å². The normalized spacial score (nSPS) is 35.5. The van der Waals surface area contributed by atoms with Gasteiger partial charge in [0.25, 0.3) is 0 Å². The first-order valence-electron chi connectivity index (χ1n) is 5.22. The Morgan fingerprint density at radius 3 is 2.85 bits per heavy atom. The average Bonchev–Trinajstić information content (AvgIpc) is 2.16. The molecule has 2 fully saturated rings. The maximum Gasteiger partial charge on any atom is 0.222 e. The largest absolute Gasteiger partial charge is 0.339 e. The first kappa shape index (κ1) is 9.00. The first-order chi connectivity index (χ1) is 6.25. The summed E-state index contributed by atoms with van der Waals surface area (Å²) in [4.78, 5) is 13.6. The van der Waals surface area contributed by atoms with Crippen molar-refractivity contribution in [1.82, 2.24) is 10.2 Å². The Bertz CT molecular complexity index is 203. The molecule has 2 aliphatic heterocycles. The number of rotatable bonds is 0. The standard InChI is InChI=1S/C10H18N2O/c1-12-9(13)4-2-5-10(12)6-3-7-11-8-10/h11H,2-8H2,1H3. The summed E-state index contributed by atoms with van der Waals surface area (Å²) in [5.41, 5.74) is 0.160. The fraction of sp³-hybridized carbons (Fsp3) is 0.900. The topological polar surface area (TPSA) is 32.3 Å². The molecule has 2 rings (SSSR count). The summed E-state index contributed by atoms with van der Waals surface area (Å²) in [6.45, 7) is 2.11. The zero-order valence-electron chi connectivity index (χ0n) is 8.31. The minimum absolute atomic E-state index is 0.160. The molecule has 2 aliphatic rings. The average molecular weight is 182 g/mol. The fourth-order valence-corrected chi connectivity index (χ4v) is 2.62. The van der Waals surface area contributed by atoms with Gasteiger partial charge >= 0.3 is 0 Å². The summed E-state index contributed by atoms with van der Waals surface area (Å²) in [6.07, 6.45) is 5.39. The second-order valence-corrected chi connectivity index (χ2v) is 4.31. The van der Waals surface area contributed by atoms with Gasteiger partial charge in [-0.05, 0) is 32.2 Å². The minimum atomic E-state index is 0.160. The zero-order valence-corrected chi connectivity index (χ0v) is 8.31. The molecule has 3 heteroatoms. The van der Waals surface area contributed by atoms with Gasteiger partial charge in [0.1, 0.15) is 0 Å². The highest BCUT2D eigenvalue weighted by atomic mass is 16.2. The van der Waals surface area contributed by atoms with Crippen LogP contribution in [0.15, 0.2) is 0 Å². The van der Waals surface area contributed by atoms with Gasteiger partial charge in [0, 0.05) is 20.0 Å². The van der Waals surface area contributed by atoms with E-state index in [1.54, 1.807) is 0 Å². The molecular formula is C10H18N2O. The molecule has 1 unspecified atom stereocenters. The molecule has 0 aromatic carbocycles. The summed E-state index contributed by atoms with van der Waals surface area (Å²) < 4.78 is 0. The molecule has 74 valence electrons. The van der Waals surface area contributed by atoms with Gasteiger partial charge < -0.3 is 10.2 Å². The molecule has 13 heavy (non-hydrogen) atoms. The first-order valence-corrected chi connectivity index (χ1v) is 5.22. The van der Waals surface area contributed by atoms with Crippen molar-refractivity contribution in [3.63, 3.8) is 0 Å². The highest BCUT2D eigenvalue weighted by Crippen LogP contribution is 2.32. The number of hydrogen-bond acceptors (Lipinski definition) is 2. The van der Waals surface area contributed by atoms with Crippen LogP contribution in [-0.4, -0.2) is 36.5 Å². The third-order valence-corrected chi connectivity index (χ3v) is 3.57. The number of likely N-dealkylation sites (tertiary alicyclic amines) is 1. The van der Waals surface area contributed by atoms with Gasteiger partial charge in [0.15, 0.2) is 0 Å². The van der Waals surface area contributed by atoms with Crippen molar-refractivity contribution in [2.24, 2.45) is 0 Å². The van der Waals surface area contributed by atoms with Gasteiger partial charge in [0.05, 0.1) is 5.54 Å². The lowest BCUT2D eigenvalue weighted by atomic mass is 9.81. The molecule has 0 aliphatic carbocycles. The van der Waals surface area contributed by atoms with Gasteiger partial charge in [-0.3, -0.25) is 4.79 Å². The lowest BCUT2D eigenvalue weighted by Gasteiger charge is -2.47. The lowest BCUT2D eigenvalue weighted by Crippen LogP contribution is -2.60. The summed E-state index contributed by atoms with van der Waals surface area (Å²) >= 11 is 0. The van der Waals surface area contributed by atoms with Crippen LogP contribution in [0, 0.1) is 0 Å². The second kappa shape index (κ2) is 3.29. The fourth-order valence-electron chi connectivity index (χ4n) is 2.62. The van der Waals surface area contributed by atoms with E-state index in [0.29, 0.717) is 5.91 Å². The number of hydrogen-bond donors (Lipinski definition) is 1. The number of likely N-dealkylation sites (N-methyl/N-ethyl adjacent to an activating group) is 1. The van der Waals surface area contributed by atoms with Crippen molar-refractivity contribution in [3.8, 4) is 0 Å². The van der Waals surface area contributed by atoms with Crippen LogP contribution >= 0.6 is 0 Å². The molecule has 1 spiro atoms. The number of carbonyl (C=O) groups is 1. The van der Waals surface area contributed by atoms with E-state index < -0.39 is 0 Å². The minimum Gasteiger partial charge on any atom is -0.339 e. The molecule has 0 radical (unpaired) electrons. The number of nitrogens with one attached hydrogen (secondary N) is 1. The van der Waals surface area contributed by atoms with Crippen LogP contribution in [0.25, 0.3) is 0 Å². The van der Waals surface area contributed by atoms with E-state index >= 15 is 0 Å². The predicted molar refractivity (Wildman–Crippen MR) is 51.5 cm³/mol. The summed E-state index contributed by atoms with van der Waals surface area (Å²) in [5, 5.41) is 3.40. The molecule has 1 amide bonds. The number of carbonyl (C=O) groups excluding carboxylic acids is 1. The van der Waals surface area contributed by atoms with E-state index in [9.17, 15) is 4.79 Å². The third-order valence-electron chi connectivity index (χ3n) is 3.57. The molecule has 1 N–H and O–H groups in total. The van der Waals surface area contributed by atoms with Crippen LogP contribution in [0.4, 0.5) is 0 Å². The lowest BCUT2D eigenvalue weighted by molar-refractivity contribution is -0.140. The van der Waals surface area contributed by atoms with E-state index in [1.807, 2.05) is 11.9 Å². The van der Waals surface area contributed by atoms with E-state index in [4.69, 9.17) is 0 Å². The summed E-state index contributed by atoms with van der Waals surface area (Å²) in [7, 11) is 1.97. The van der Waals surface area contributed by atoms with Crippen molar-refractivity contribution in [3.05, 3.63) is 0 Å². The third kappa shape index (κ3) is 1.46. The van der Waals surface area contributed by atoms with Crippen molar-refractivity contribution in [1.29, 1.82) is 0 Å². The maximum absolute atomic E-state index is 11.6. The molecule has 0 saturated carbocycles. The summed E-state index contributed by atoms with van der Waals surface area (Å²) in [5.74, 6) is 0.329. The van der Waals surface area contributed by atoms with E-state index in [0.717, 1.165) is 25.9 Å². The van der Waals surface area contributed by atoms with Crippen molar-refractivity contribution in [2.75, 3.05) is 20.1 Å². The van der Waals surface area contributed by atoms with Crippen LogP contribution in [0.1, 0.15) is 32.1 Å². The molecule has 0 aromatic rings.